The molecule has 2 heteroatoms. The third kappa shape index (κ3) is 7.99. The lowest BCUT2D eigenvalue weighted by Gasteiger charge is -2.38. The Morgan fingerprint density at radius 1 is 1.20 bits per heavy atom. The fraction of sp³-hybridized carbons (Fsp3) is 0.500. The van der Waals surface area contributed by atoms with Crippen LogP contribution >= 0.6 is 0 Å². The van der Waals surface area contributed by atoms with Gasteiger partial charge < -0.3 is 10.1 Å². The van der Waals surface area contributed by atoms with Gasteiger partial charge in [0.1, 0.15) is 6.10 Å². The van der Waals surface area contributed by atoms with Crippen molar-refractivity contribution in [3.8, 4) is 0 Å². The van der Waals surface area contributed by atoms with Gasteiger partial charge in [-0.25, -0.2) is 0 Å². The van der Waals surface area contributed by atoms with Crippen LogP contribution in [0.4, 0.5) is 0 Å². The van der Waals surface area contributed by atoms with E-state index in [0.717, 1.165) is 31.1 Å². The van der Waals surface area contributed by atoms with E-state index in [2.05, 4.69) is 82.6 Å². The van der Waals surface area contributed by atoms with Crippen molar-refractivity contribution < 1.29 is 4.74 Å². The van der Waals surface area contributed by atoms with Crippen molar-refractivity contribution in [2.24, 2.45) is 17.8 Å². The van der Waals surface area contributed by atoms with Gasteiger partial charge in [0.25, 0.3) is 0 Å². The quantitative estimate of drug-likeness (QED) is 0.305. The molecule has 3 unspecified atom stereocenters. The normalized spacial score (nSPS) is 23.5. The van der Waals surface area contributed by atoms with Crippen molar-refractivity contribution in [3.63, 3.8) is 0 Å². The summed E-state index contributed by atoms with van der Waals surface area (Å²) in [5.41, 5.74) is 2.55. The summed E-state index contributed by atoms with van der Waals surface area (Å²) in [6.07, 6.45) is 12.7. The van der Waals surface area contributed by atoms with E-state index in [0.29, 0.717) is 17.9 Å². The molecule has 0 amide bonds. The van der Waals surface area contributed by atoms with E-state index < -0.39 is 0 Å². The highest BCUT2D eigenvalue weighted by atomic mass is 16.5. The average Bonchev–Trinajstić information content (AvgIpc) is 2.71. The van der Waals surface area contributed by atoms with Crippen LogP contribution in [0.3, 0.4) is 0 Å². The van der Waals surface area contributed by atoms with Crippen LogP contribution in [0.25, 0.3) is 0 Å². The molecule has 0 bridgehead atoms. The Balaban J connectivity index is 2.03. The van der Waals surface area contributed by atoms with Crippen molar-refractivity contribution in [2.75, 3.05) is 6.54 Å². The number of ether oxygens (including phenoxy) is 1. The summed E-state index contributed by atoms with van der Waals surface area (Å²) in [5, 5.41) is 3.70. The molecule has 0 spiro atoms. The Morgan fingerprint density at radius 3 is 2.60 bits per heavy atom. The fourth-order valence-corrected chi connectivity index (χ4v) is 4.37. The second-order valence-corrected chi connectivity index (χ2v) is 9.20. The molecule has 1 aromatic rings. The molecular formula is C28H41NO. The molecule has 1 aromatic carbocycles. The maximum Gasteiger partial charge on any atom is 0.101 e. The summed E-state index contributed by atoms with van der Waals surface area (Å²) in [7, 11) is 0. The lowest BCUT2D eigenvalue weighted by molar-refractivity contribution is -0.00511. The monoisotopic (exact) mass is 407 g/mol. The Labute approximate surface area is 184 Å². The van der Waals surface area contributed by atoms with E-state index in [9.17, 15) is 0 Å². The highest BCUT2D eigenvalue weighted by Gasteiger charge is 2.32. The standard InChI is InChI=1S/C28H41NO/c1-7-8-10-13-23(5)20-29-27(25-14-11-9-12-15-25)19-24(6)30-28-18-22(4)16-17-26(28)21(2)3/h7-15,21-22,26-29H,1,6,16-20H2,2-5H3/b10-8-,23-13+/t22?,26-,27?,28?/m0/s1. The first-order valence-corrected chi connectivity index (χ1v) is 11.5. The third-order valence-electron chi connectivity index (χ3n) is 6.17. The number of allylic oxidation sites excluding steroid dienone is 4. The molecular weight excluding hydrogens is 366 g/mol. The first kappa shape index (κ1) is 24.2. The highest BCUT2D eigenvalue weighted by Crippen LogP contribution is 2.37. The minimum Gasteiger partial charge on any atom is -0.495 e. The van der Waals surface area contributed by atoms with E-state index in [4.69, 9.17) is 4.74 Å². The zero-order chi connectivity index (χ0) is 21.9. The van der Waals surface area contributed by atoms with Gasteiger partial charge in [-0.05, 0) is 43.1 Å². The van der Waals surface area contributed by atoms with Gasteiger partial charge in [0.05, 0.1) is 5.76 Å². The van der Waals surface area contributed by atoms with Crippen LogP contribution in [0.5, 0.6) is 0 Å². The molecule has 1 N–H and O–H groups in total. The van der Waals surface area contributed by atoms with Crippen LogP contribution in [-0.2, 0) is 4.74 Å². The van der Waals surface area contributed by atoms with E-state index in [1.54, 1.807) is 6.08 Å². The number of rotatable bonds is 11. The van der Waals surface area contributed by atoms with Gasteiger partial charge in [0.15, 0.2) is 0 Å². The second-order valence-electron chi connectivity index (χ2n) is 9.20. The van der Waals surface area contributed by atoms with E-state index >= 15 is 0 Å². The molecule has 1 aliphatic carbocycles. The van der Waals surface area contributed by atoms with Crippen molar-refractivity contribution in [2.45, 2.75) is 65.5 Å². The molecule has 1 saturated carbocycles. The Morgan fingerprint density at radius 2 is 1.93 bits per heavy atom. The lowest BCUT2D eigenvalue weighted by atomic mass is 9.75. The Bertz CT molecular complexity index is 715. The summed E-state index contributed by atoms with van der Waals surface area (Å²) in [5.74, 6) is 2.91. The van der Waals surface area contributed by atoms with Gasteiger partial charge in [-0.3, -0.25) is 0 Å². The predicted octanol–water partition coefficient (Wildman–Crippen LogP) is 7.39. The summed E-state index contributed by atoms with van der Waals surface area (Å²) >= 11 is 0. The van der Waals surface area contributed by atoms with Gasteiger partial charge >= 0.3 is 0 Å². The lowest BCUT2D eigenvalue weighted by Crippen LogP contribution is -2.34. The maximum absolute atomic E-state index is 6.50. The van der Waals surface area contributed by atoms with Crippen LogP contribution < -0.4 is 5.32 Å². The van der Waals surface area contributed by atoms with Gasteiger partial charge in [0.2, 0.25) is 0 Å². The molecule has 0 radical (unpaired) electrons. The molecule has 0 saturated heterocycles. The molecule has 0 aromatic heterocycles. The number of hydrogen-bond donors (Lipinski definition) is 1. The zero-order valence-electron chi connectivity index (χ0n) is 19.4. The Hall–Kier alpha value is -2.06. The van der Waals surface area contributed by atoms with Crippen LogP contribution in [0.1, 0.15) is 65.0 Å². The summed E-state index contributed by atoms with van der Waals surface area (Å²) in [6, 6.07) is 10.8. The van der Waals surface area contributed by atoms with Gasteiger partial charge in [-0.1, -0.05) is 101 Å². The smallest absolute Gasteiger partial charge is 0.101 e. The molecule has 1 aliphatic rings. The van der Waals surface area contributed by atoms with Gasteiger partial charge in [-0.15, -0.1) is 0 Å². The fourth-order valence-electron chi connectivity index (χ4n) is 4.37. The van der Waals surface area contributed by atoms with E-state index in [-0.39, 0.29) is 6.04 Å². The minimum absolute atomic E-state index is 0.184. The van der Waals surface area contributed by atoms with Crippen LogP contribution in [0.2, 0.25) is 0 Å². The van der Waals surface area contributed by atoms with Gasteiger partial charge in [-0.2, -0.15) is 0 Å². The number of benzene rings is 1. The van der Waals surface area contributed by atoms with E-state index in [1.165, 1.54) is 24.0 Å². The SMILES string of the molecule is C=C/C=C\C=C(/C)CNC(CC(=C)OC1CC(C)CC[C@H]1C(C)C)c1ccccc1. The predicted molar refractivity (Wildman–Crippen MR) is 130 cm³/mol. The molecule has 2 nitrogen and oxygen atoms in total. The van der Waals surface area contributed by atoms with Crippen LogP contribution in [0.15, 0.2) is 79.1 Å². The first-order valence-electron chi connectivity index (χ1n) is 11.5. The number of hydrogen-bond acceptors (Lipinski definition) is 2. The zero-order valence-corrected chi connectivity index (χ0v) is 19.4. The molecule has 164 valence electrons. The topological polar surface area (TPSA) is 21.3 Å². The molecule has 2 rings (SSSR count). The summed E-state index contributed by atoms with van der Waals surface area (Å²) in [4.78, 5) is 0. The van der Waals surface area contributed by atoms with Crippen molar-refractivity contribution in [3.05, 3.63) is 84.7 Å². The Kier molecular flexibility index (Phi) is 10.2. The van der Waals surface area contributed by atoms with Crippen molar-refractivity contribution in [1.29, 1.82) is 0 Å². The van der Waals surface area contributed by atoms with Crippen LogP contribution in [-0.4, -0.2) is 12.6 Å². The van der Waals surface area contributed by atoms with Crippen LogP contribution in [0, 0.1) is 17.8 Å². The summed E-state index contributed by atoms with van der Waals surface area (Å²) in [6.45, 7) is 18.0. The molecule has 30 heavy (non-hydrogen) atoms. The van der Waals surface area contributed by atoms with Crippen molar-refractivity contribution >= 4 is 0 Å². The summed E-state index contributed by atoms with van der Waals surface area (Å²) < 4.78 is 6.50. The number of nitrogens with one attached hydrogen (secondary N) is 1. The highest BCUT2D eigenvalue weighted by molar-refractivity contribution is 5.21. The maximum atomic E-state index is 6.50. The van der Waals surface area contributed by atoms with Crippen molar-refractivity contribution in [1.82, 2.24) is 5.32 Å². The molecule has 1 fully saturated rings. The van der Waals surface area contributed by atoms with E-state index in [1.807, 2.05) is 12.2 Å². The first-order chi connectivity index (χ1) is 14.4. The molecule has 0 heterocycles. The van der Waals surface area contributed by atoms with Gasteiger partial charge in [0, 0.05) is 19.0 Å². The molecule has 4 atom stereocenters. The minimum atomic E-state index is 0.184. The average molecular weight is 408 g/mol. The second kappa shape index (κ2) is 12.6. The largest absolute Gasteiger partial charge is 0.495 e. The third-order valence-corrected chi connectivity index (χ3v) is 6.17. The molecule has 0 aliphatic heterocycles.